The number of nitrogens with zero attached hydrogens (tertiary/aromatic N) is 1. The highest BCUT2D eigenvalue weighted by atomic mass is 16.5. The van der Waals surface area contributed by atoms with Gasteiger partial charge >= 0.3 is 0 Å². The molecule has 0 atom stereocenters. The van der Waals surface area contributed by atoms with Crippen molar-refractivity contribution in [3.63, 3.8) is 0 Å². The van der Waals surface area contributed by atoms with Gasteiger partial charge in [-0.1, -0.05) is 23.4 Å². The molecule has 0 fully saturated rings. The van der Waals surface area contributed by atoms with E-state index in [1.54, 1.807) is 79.9 Å². The Kier molecular flexibility index (Phi) is 7.11. The molecule has 178 valence electrons. The zero-order valence-corrected chi connectivity index (χ0v) is 19.6. The first-order valence-electron chi connectivity index (χ1n) is 10.9. The highest BCUT2D eigenvalue weighted by Crippen LogP contribution is 2.22. The number of carbonyl (C=O) groups excluding carboxylic acids is 2. The second-order valence-corrected chi connectivity index (χ2v) is 7.80. The number of hydrogen-bond acceptors (Lipinski definition) is 6. The molecule has 3 aromatic carbocycles. The van der Waals surface area contributed by atoms with Crippen molar-refractivity contribution in [2.24, 2.45) is 0 Å². The minimum atomic E-state index is -0.350. The van der Waals surface area contributed by atoms with Crippen LogP contribution in [0.2, 0.25) is 0 Å². The number of para-hydroxylation sites is 1. The van der Waals surface area contributed by atoms with Crippen LogP contribution in [0.1, 0.15) is 37.7 Å². The first-order valence-corrected chi connectivity index (χ1v) is 10.9. The van der Waals surface area contributed by atoms with Gasteiger partial charge in [0.1, 0.15) is 23.9 Å². The summed E-state index contributed by atoms with van der Waals surface area (Å²) >= 11 is 0. The number of hydrogen-bond donors (Lipinski definition) is 2. The summed E-state index contributed by atoms with van der Waals surface area (Å²) in [6, 6.07) is 20.6. The lowest BCUT2D eigenvalue weighted by Crippen LogP contribution is -2.18. The van der Waals surface area contributed by atoms with Crippen molar-refractivity contribution in [2.45, 2.75) is 20.5 Å². The van der Waals surface area contributed by atoms with Crippen LogP contribution in [0.15, 0.2) is 77.3 Å². The first-order chi connectivity index (χ1) is 16.9. The SMILES string of the molecule is COc1cccc(NC(=O)c2ccccc2NC(=O)c2ccc(OCc3c(C)noc3C)cc2)c1. The molecule has 0 aliphatic heterocycles. The van der Waals surface area contributed by atoms with Gasteiger partial charge in [-0.25, -0.2) is 0 Å². The van der Waals surface area contributed by atoms with Crippen molar-refractivity contribution >= 4 is 23.2 Å². The maximum Gasteiger partial charge on any atom is 0.257 e. The molecule has 2 amide bonds. The molecule has 0 saturated carbocycles. The number of aryl methyl sites for hydroxylation is 2. The Bertz CT molecular complexity index is 1330. The van der Waals surface area contributed by atoms with E-state index in [-0.39, 0.29) is 11.8 Å². The number of methoxy groups -OCH3 is 1. The number of nitrogens with one attached hydrogen (secondary N) is 2. The number of aromatic nitrogens is 1. The first kappa shape index (κ1) is 23.6. The van der Waals surface area contributed by atoms with Crippen molar-refractivity contribution < 1.29 is 23.6 Å². The van der Waals surface area contributed by atoms with E-state index in [0.717, 1.165) is 11.3 Å². The second kappa shape index (κ2) is 10.6. The largest absolute Gasteiger partial charge is 0.497 e. The van der Waals surface area contributed by atoms with Crippen LogP contribution in [0, 0.1) is 13.8 Å². The van der Waals surface area contributed by atoms with Crippen LogP contribution in [0.5, 0.6) is 11.5 Å². The Morgan fingerprint density at radius 2 is 1.66 bits per heavy atom. The van der Waals surface area contributed by atoms with Crippen LogP contribution in [0.3, 0.4) is 0 Å². The Morgan fingerprint density at radius 1 is 0.886 bits per heavy atom. The molecule has 4 aromatic rings. The molecule has 0 radical (unpaired) electrons. The molecule has 0 spiro atoms. The number of rotatable bonds is 8. The summed E-state index contributed by atoms with van der Waals surface area (Å²) in [7, 11) is 1.56. The van der Waals surface area contributed by atoms with E-state index in [0.29, 0.717) is 46.4 Å². The Labute approximate surface area is 202 Å². The van der Waals surface area contributed by atoms with E-state index in [1.807, 2.05) is 13.8 Å². The molecule has 0 saturated heterocycles. The maximum atomic E-state index is 12.9. The molecule has 0 bridgehead atoms. The highest BCUT2D eigenvalue weighted by molar-refractivity contribution is 6.12. The Balaban J connectivity index is 1.42. The minimum Gasteiger partial charge on any atom is -0.497 e. The van der Waals surface area contributed by atoms with Gasteiger partial charge < -0.3 is 24.6 Å². The molecule has 2 N–H and O–H groups in total. The van der Waals surface area contributed by atoms with Crippen LogP contribution >= 0.6 is 0 Å². The van der Waals surface area contributed by atoms with Gasteiger partial charge in [0, 0.05) is 17.3 Å². The van der Waals surface area contributed by atoms with Crippen molar-refractivity contribution in [1.82, 2.24) is 5.16 Å². The molecule has 0 aliphatic rings. The average molecular weight is 472 g/mol. The van der Waals surface area contributed by atoms with Crippen molar-refractivity contribution in [2.75, 3.05) is 17.7 Å². The fourth-order valence-corrected chi connectivity index (χ4v) is 3.45. The van der Waals surface area contributed by atoms with Gasteiger partial charge in [-0.2, -0.15) is 0 Å². The predicted octanol–water partition coefficient (Wildman–Crippen LogP) is 5.38. The second-order valence-electron chi connectivity index (χ2n) is 7.80. The molecule has 8 heteroatoms. The number of amides is 2. The van der Waals surface area contributed by atoms with E-state index in [4.69, 9.17) is 14.0 Å². The summed E-state index contributed by atoms with van der Waals surface area (Å²) in [5.41, 5.74) is 3.43. The van der Waals surface area contributed by atoms with Gasteiger partial charge in [0.25, 0.3) is 11.8 Å². The van der Waals surface area contributed by atoms with E-state index in [1.165, 1.54) is 0 Å². The van der Waals surface area contributed by atoms with E-state index in [9.17, 15) is 9.59 Å². The third kappa shape index (κ3) is 5.67. The summed E-state index contributed by atoms with van der Waals surface area (Å²) in [5.74, 6) is 1.26. The molecule has 0 unspecified atom stereocenters. The summed E-state index contributed by atoms with van der Waals surface area (Å²) in [4.78, 5) is 25.7. The van der Waals surface area contributed by atoms with Gasteiger partial charge in [-0.05, 0) is 62.4 Å². The quantitative estimate of drug-likeness (QED) is 0.358. The van der Waals surface area contributed by atoms with Gasteiger partial charge in [-0.15, -0.1) is 0 Å². The Morgan fingerprint density at radius 3 is 2.37 bits per heavy atom. The zero-order valence-electron chi connectivity index (χ0n) is 19.6. The Hall–Kier alpha value is -4.59. The van der Waals surface area contributed by atoms with Crippen molar-refractivity contribution in [1.29, 1.82) is 0 Å². The number of anilines is 2. The highest BCUT2D eigenvalue weighted by Gasteiger charge is 2.15. The summed E-state index contributed by atoms with van der Waals surface area (Å²) in [6.07, 6.45) is 0. The maximum absolute atomic E-state index is 12.9. The van der Waals surface area contributed by atoms with Crippen LogP contribution in [0.4, 0.5) is 11.4 Å². The fraction of sp³-hybridized carbons (Fsp3) is 0.148. The topological polar surface area (TPSA) is 103 Å². The number of carbonyl (C=O) groups is 2. The molecule has 4 rings (SSSR count). The van der Waals surface area contributed by atoms with Crippen LogP contribution < -0.4 is 20.1 Å². The van der Waals surface area contributed by atoms with E-state index in [2.05, 4.69) is 15.8 Å². The monoisotopic (exact) mass is 471 g/mol. The summed E-state index contributed by atoms with van der Waals surface area (Å²) in [5, 5.41) is 9.56. The molecule has 35 heavy (non-hydrogen) atoms. The van der Waals surface area contributed by atoms with Gasteiger partial charge in [-0.3, -0.25) is 9.59 Å². The number of benzene rings is 3. The smallest absolute Gasteiger partial charge is 0.257 e. The lowest BCUT2D eigenvalue weighted by molar-refractivity contribution is 0.102. The average Bonchev–Trinajstić information content (AvgIpc) is 3.20. The van der Waals surface area contributed by atoms with Crippen LogP contribution in [-0.4, -0.2) is 24.1 Å². The van der Waals surface area contributed by atoms with E-state index >= 15 is 0 Å². The van der Waals surface area contributed by atoms with E-state index < -0.39 is 0 Å². The minimum absolute atomic E-state index is 0.322. The van der Waals surface area contributed by atoms with Crippen LogP contribution in [-0.2, 0) is 6.61 Å². The van der Waals surface area contributed by atoms with Crippen molar-refractivity contribution in [3.8, 4) is 11.5 Å². The van der Waals surface area contributed by atoms with Gasteiger partial charge in [0.2, 0.25) is 0 Å². The molecular formula is C27H25N3O5. The normalized spacial score (nSPS) is 10.5. The molecule has 1 aromatic heterocycles. The third-order valence-corrected chi connectivity index (χ3v) is 5.43. The van der Waals surface area contributed by atoms with Gasteiger partial charge in [0.05, 0.1) is 29.6 Å². The predicted molar refractivity (Wildman–Crippen MR) is 132 cm³/mol. The lowest BCUT2D eigenvalue weighted by Gasteiger charge is -2.12. The van der Waals surface area contributed by atoms with Crippen LogP contribution in [0.25, 0.3) is 0 Å². The molecule has 1 heterocycles. The standard InChI is InChI=1S/C27H25N3O5/c1-17-24(18(2)35-30-17)16-34-21-13-11-19(12-14-21)26(31)29-25-10-5-4-9-23(25)27(32)28-20-7-6-8-22(15-20)33-3/h4-15H,16H2,1-3H3,(H,28,32)(H,29,31). The lowest BCUT2D eigenvalue weighted by atomic mass is 10.1. The van der Waals surface area contributed by atoms with Gasteiger partial charge in [0.15, 0.2) is 0 Å². The number of ether oxygens (including phenoxy) is 2. The molecular weight excluding hydrogens is 446 g/mol. The fourth-order valence-electron chi connectivity index (χ4n) is 3.45. The summed E-state index contributed by atoms with van der Waals surface area (Å²) < 4.78 is 16.1. The third-order valence-electron chi connectivity index (χ3n) is 5.43. The molecule has 0 aliphatic carbocycles. The summed E-state index contributed by atoms with van der Waals surface area (Å²) in [6.45, 7) is 4.01. The zero-order chi connectivity index (χ0) is 24.8. The van der Waals surface area contributed by atoms with Crippen molar-refractivity contribution in [3.05, 3.63) is 101 Å². The molecule has 8 nitrogen and oxygen atoms in total.